The fourth-order valence-electron chi connectivity index (χ4n) is 2.34. The monoisotopic (exact) mass is 250 g/mol. The van der Waals surface area contributed by atoms with Gasteiger partial charge in [-0.3, -0.25) is 4.84 Å². The average Bonchev–Trinajstić information content (AvgIpc) is 2.39. The van der Waals surface area contributed by atoms with Crippen LogP contribution >= 0.6 is 0 Å². The Morgan fingerprint density at radius 2 is 2.11 bits per heavy atom. The number of rotatable bonds is 4. The van der Waals surface area contributed by atoms with E-state index < -0.39 is 0 Å². The molecule has 0 radical (unpaired) electrons. The minimum atomic E-state index is 0.117. The van der Waals surface area contributed by atoms with Gasteiger partial charge in [0.25, 0.3) is 0 Å². The molecule has 4 heteroatoms. The number of hydrogen-bond acceptors (Lipinski definition) is 4. The standard InChI is InChI=1S/C14H22N2O2/c1-11(2)17-14-8-4-3-7-13(14)16-9-5-6-12(10-16)18-15/h3-4,7-8,11-12H,5-6,9-10,15H2,1-2H3. The lowest BCUT2D eigenvalue weighted by Gasteiger charge is -2.34. The van der Waals surface area contributed by atoms with Crippen molar-refractivity contribution in [3.05, 3.63) is 24.3 Å². The third-order valence-corrected chi connectivity index (χ3v) is 3.14. The zero-order valence-electron chi connectivity index (χ0n) is 11.1. The number of ether oxygens (including phenoxy) is 1. The maximum Gasteiger partial charge on any atom is 0.142 e. The van der Waals surface area contributed by atoms with Gasteiger partial charge in [-0.15, -0.1) is 0 Å². The van der Waals surface area contributed by atoms with Gasteiger partial charge in [0.05, 0.1) is 17.9 Å². The Hall–Kier alpha value is -1.26. The summed E-state index contributed by atoms with van der Waals surface area (Å²) < 4.78 is 5.85. The molecule has 1 saturated heterocycles. The second-order valence-electron chi connectivity index (χ2n) is 4.98. The molecule has 18 heavy (non-hydrogen) atoms. The molecule has 4 nitrogen and oxygen atoms in total. The molecule has 0 bridgehead atoms. The lowest BCUT2D eigenvalue weighted by atomic mass is 10.1. The van der Waals surface area contributed by atoms with Crippen LogP contribution in [0.2, 0.25) is 0 Å². The summed E-state index contributed by atoms with van der Waals surface area (Å²) in [4.78, 5) is 7.27. The van der Waals surface area contributed by atoms with E-state index in [-0.39, 0.29) is 12.2 Å². The van der Waals surface area contributed by atoms with Crippen LogP contribution in [0, 0.1) is 0 Å². The molecule has 0 aliphatic carbocycles. The van der Waals surface area contributed by atoms with Crippen molar-refractivity contribution in [1.82, 2.24) is 0 Å². The lowest BCUT2D eigenvalue weighted by Crippen LogP contribution is -2.41. The fourth-order valence-corrected chi connectivity index (χ4v) is 2.34. The first-order chi connectivity index (χ1) is 8.70. The van der Waals surface area contributed by atoms with E-state index in [9.17, 15) is 0 Å². The Morgan fingerprint density at radius 3 is 2.83 bits per heavy atom. The number of nitrogens with two attached hydrogens (primary N) is 1. The van der Waals surface area contributed by atoms with Crippen LogP contribution in [-0.2, 0) is 4.84 Å². The predicted octanol–water partition coefficient (Wildman–Crippen LogP) is 2.33. The topological polar surface area (TPSA) is 47.7 Å². The predicted molar refractivity (Wildman–Crippen MR) is 72.7 cm³/mol. The highest BCUT2D eigenvalue weighted by atomic mass is 16.6. The van der Waals surface area contributed by atoms with E-state index in [1.54, 1.807) is 0 Å². The van der Waals surface area contributed by atoms with Crippen LogP contribution in [0.4, 0.5) is 5.69 Å². The normalized spacial score (nSPS) is 20.2. The number of nitrogens with zero attached hydrogens (tertiary/aromatic N) is 1. The van der Waals surface area contributed by atoms with E-state index in [4.69, 9.17) is 15.5 Å². The minimum absolute atomic E-state index is 0.117. The third-order valence-electron chi connectivity index (χ3n) is 3.14. The molecule has 1 aromatic carbocycles. The zero-order valence-corrected chi connectivity index (χ0v) is 11.1. The van der Waals surface area contributed by atoms with E-state index >= 15 is 0 Å². The highest BCUT2D eigenvalue weighted by Crippen LogP contribution is 2.31. The Balaban J connectivity index is 2.16. The lowest BCUT2D eigenvalue weighted by molar-refractivity contribution is 0.0433. The molecular weight excluding hydrogens is 228 g/mol. The summed E-state index contributed by atoms with van der Waals surface area (Å²) in [6.45, 7) is 5.94. The Kier molecular flexibility index (Phi) is 4.44. The van der Waals surface area contributed by atoms with Gasteiger partial charge in [-0.25, -0.2) is 5.90 Å². The number of hydrogen-bond donors (Lipinski definition) is 1. The first-order valence-electron chi connectivity index (χ1n) is 6.57. The summed E-state index contributed by atoms with van der Waals surface area (Å²) in [7, 11) is 0. The van der Waals surface area contributed by atoms with Crippen LogP contribution in [0.25, 0.3) is 0 Å². The van der Waals surface area contributed by atoms with E-state index in [1.165, 1.54) is 0 Å². The highest BCUT2D eigenvalue weighted by Gasteiger charge is 2.22. The molecular formula is C14H22N2O2. The molecule has 1 aliphatic rings. The molecule has 0 amide bonds. The van der Waals surface area contributed by atoms with Crippen molar-refractivity contribution in [1.29, 1.82) is 0 Å². The van der Waals surface area contributed by atoms with Crippen molar-refractivity contribution in [3.8, 4) is 5.75 Å². The fraction of sp³-hybridized carbons (Fsp3) is 0.571. The van der Waals surface area contributed by atoms with Gasteiger partial charge < -0.3 is 9.64 Å². The summed E-state index contributed by atoms with van der Waals surface area (Å²) in [5, 5.41) is 0. The molecule has 2 rings (SSSR count). The molecule has 0 aromatic heterocycles. The smallest absolute Gasteiger partial charge is 0.142 e. The summed E-state index contributed by atoms with van der Waals surface area (Å²) in [6.07, 6.45) is 2.42. The summed E-state index contributed by atoms with van der Waals surface area (Å²) in [6, 6.07) is 8.15. The van der Waals surface area contributed by atoms with Crippen LogP contribution in [0.15, 0.2) is 24.3 Å². The zero-order chi connectivity index (χ0) is 13.0. The van der Waals surface area contributed by atoms with Crippen molar-refractivity contribution < 1.29 is 9.57 Å². The molecule has 2 N–H and O–H groups in total. The molecule has 0 spiro atoms. The second kappa shape index (κ2) is 6.07. The average molecular weight is 250 g/mol. The molecule has 100 valence electrons. The molecule has 1 heterocycles. The van der Waals surface area contributed by atoms with Gasteiger partial charge >= 0.3 is 0 Å². The van der Waals surface area contributed by atoms with Crippen molar-refractivity contribution in [3.63, 3.8) is 0 Å². The first kappa shape index (κ1) is 13.2. The van der Waals surface area contributed by atoms with E-state index in [0.29, 0.717) is 0 Å². The van der Waals surface area contributed by atoms with E-state index in [1.807, 2.05) is 32.0 Å². The highest BCUT2D eigenvalue weighted by molar-refractivity contribution is 5.58. The van der Waals surface area contributed by atoms with Crippen LogP contribution in [0.5, 0.6) is 5.75 Å². The van der Waals surface area contributed by atoms with E-state index in [2.05, 4.69) is 11.0 Å². The Bertz CT molecular complexity index is 382. The number of piperidine rings is 1. The molecule has 1 aromatic rings. The Labute approximate surface area is 109 Å². The maximum atomic E-state index is 5.85. The quantitative estimate of drug-likeness (QED) is 0.833. The second-order valence-corrected chi connectivity index (χ2v) is 4.98. The van der Waals surface area contributed by atoms with Crippen molar-refractivity contribution in [2.45, 2.75) is 38.9 Å². The summed E-state index contributed by atoms with van der Waals surface area (Å²) in [5.41, 5.74) is 1.13. The third kappa shape index (κ3) is 3.15. The van der Waals surface area contributed by atoms with Crippen LogP contribution in [-0.4, -0.2) is 25.3 Å². The maximum absolute atomic E-state index is 5.85. The largest absolute Gasteiger partial charge is 0.489 e. The number of benzene rings is 1. The summed E-state index contributed by atoms with van der Waals surface area (Å²) >= 11 is 0. The molecule has 1 atom stereocenters. The minimum Gasteiger partial charge on any atom is -0.489 e. The summed E-state index contributed by atoms with van der Waals surface area (Å²) in [5.74, 6) is 6.24. The van der Waals surface area contributed by atoms with Gasteiger partial charge in [-0.05, 0) is 38.8 Å². The first-order valence-corrected chi connectivity index (χ1v) is 6.57. The van der Waals surface area contributed by atoms with Crippen molar-refractivity contribution in [2.24, 2.45) is 5.90 Å². The number of para-hydroxylation sites is 2. The van der Waals surface area contributed by atoms with Crippen LogP contribution in [0.3, 0.4) is 0 Å². The van der Waals surface area contributed by atoms with E-state index in [0.717, 1.165) is 37.4 Å². The van der Waals surface area contributed by atoms with Gasteiger partial charge in [0.15, 0.2) is 0 Å². The van der Waals surface area contributed by atoms with Gasteiger partial charge in [0.2, 0.25) is 0 Å². The van der Waals surface area contributed by atoms with Crippen LogP contribution < -0.4 is 15.5 Å². The van der Waals surface area contributed by atoms with Crippen LogP contribution in [0.1, 0.15) is 26.7 Å². The van der Waals surface area contributed by atoms with Gasteiger partial charge in [0.1, 0.15) is 5.75 Å². The van der Waals surface area contributed by atoms with Gasteiger partial charge in [-0.2, -0.15) is 0 Å². The van der Waals surface area contributed by atoms with Crippen molar-refractivity contribution >= 4 is 5.69 Å². The van der Waals surface area contributed by atoms with Gasteiger partial charge in [0, 0.05) is 13.1 Å². The van der Waals surface area contributed by atoms with Crippen molar-refractivity contribution in [2.75, 3.05) is 18.0 Å². The molecule has 0 saturated carbocycles. The molecule has 1 aliphatic heterocycles. The van der Waals surface area contributed by atoms with Gasteiger partial charge in [-0.1, -0.05) is 12.1 Å². The number of anilines is 1. The SMILES string of the molecule is CC(C)Oc1ccccc1N1CCCC(ON)C1. The Morgan fingerprint density at radius 1 is 1.33 bits per heavy atom. The molecule has 1 fully saturated rings. The molecule has 1 unspecified atom stereocenters.